The molecule has 0 spiro atoms. The summed E-state index contributed by atoms with van der Waals surface area (Å²) in [4.78, 5) is 26.9. The van der Waals surface area contributed by atoms with Crippen molar-refractivity contribution in [2.75, 3.05) is 24.6 Å². The molecule has 1 aliphatic rings. The molecule has 1 saturated heterocycles. The maximum atomic E-state index is 13.5. The fourth-order valence-corrected chi connectivity index (χ4v) is 4.34. The SMILES string of the molecule is [C-]#[N+]c1ccc(-c2nc(N3CCC(N)CC3)[nH]c(=O)c2-c2ccc3nn(CCO)cc3c2)cc1. The largest absolute Gasteiger partial charge is 0.394 e. The molecule has 0 aliphatic carbocycles. The van der Waals surface area contributed by atoms with E-state index in [-0.39, 0.29) is 18.2 Å². The third-order valence-corrected chi connectivity index (χ3v) is 6.19. The van der Waals surface area contributed by atoms with Gasteiger partial charge < -0.3 is 15.7 Å². The third-order valence-electron chi connectivity index (χ3n) is 6.19. The first-order valence-electron chi connectivity index (χ1n) is 11.3. The van der Waals surface area contributed by atoms with Gasteiger partial charge in [0.25, 0.3) is 5.56 Å². The highest BCUT2D eigenvalue weighted by Crippen LogP contribution is 2.32. The number of aliphatic hydroxyl groups is 1. The van der Waals surface area contributed by atoms with Crippen LogP contribution < -0.4 is 16.2 Å². The lowest BCUT2D eigenvalue weighted by molar-refractivity contribution is 0.270. The van der Waals surface area contributed by atoms with Crippen LogP contribution >= 0.6 is 0 Å². The minimum atomic E-state index is -0.230. The highest BCUT2D eigenvalue weighted by atomic mass is 16.3. The Bertz CT molecular complexity index is 1420. The van der Waals surface area contributed by atoms with Crippen LogP contribution in [-0.4, -0.2) is 50.6 Å². The van der Waals surface area contributed by atoms with Crippen molar-refractivity contribution in [2.24, 2.45) is 5.73 Å². The first-order chi connectivity index (χ1) is 16.6. The van der Waals surface area contributed by atoms with Gasteiger partial charge in [-0.1, -0.05) is 30.3 Å². The van der Waals surface area contributed by atoms with Crippen LogP contribution in [0.15, 0.2) is 53.5 Å². The monoisotopic (exact) mass is 455 g/mol. The number of fused-ring (bicyclic) bond motifs is 1. The van der Waals surface area contributed by atoms with Gasteiger partial charge in [-0.2, -0.15) is 5.10 Å². The molecule has 1 fully saturated rings. The number of H-pyrrole nitrogens is 1. The van der Waals surface area contributed by atoms with Gasteiger partial charge in [0.2, 0.25) is 5.95 Å². The number of benzene rings is 2. The predicted octanol–water partition coefficient (Wildman–Crippen LogP) is 2.92. The lowest BCUT2D eigenvalue weighted by atomic mass is 9.99. The molecular formula is C25H25N7O2. The van der Waals surface area contributed by atoms with E-state index in [2.05, 4.69) is 19.8 Å². The van der Waals surface area contributed by atoms with Crippen LogP contribution in [0.5, 0.6) is 0 Å². The molecule has 0 unspecified atom stereocenters. The number of rotatable bonds is 5. The number of aromatic nitrogens is 4. The fraction of sp³-hybridized carbons (Fsp3) is 0.280. The molecule has 0 bridgehead atoms. The van der Waals surface area contributed by atoms with Crippen molar-refractivity contribution in [2.45, 2.75) is 25.4 Å². The van der Waals surface area contributed by atoms with Crippen LogP contribution in [-0.2, 0) is 6.54 Å². The van der Waals surface area contributed by atoms with Crippen LogP contribution in [0.2, 0.25) is 0 Å². The molecule has 9 nitrogen and oxygen atoms in total. The minimum absolute atomic E-state index is 0.00194. The standard InChI is InChI=1S/C25H25N7O2/c1-27-20-5-2-16(3-6-20)23-22(17-4-7-21-18(14-17)15-32(30-21)12-13-33)24(34)29-25(28-23)31-10-8-19(26)9-11-31/h2-7,14-15,19,33H,8-13,26H2,(H,28,29,34). The van der Waals surface area contributed by atoms with Crippen molar-refractivity contribution >= 4 is 22.5 Å². The van der Waals surface area contributed by atoms with Gasteiger partial charge in [0, 0.05) is 30.7 Å². The molecular weight excluding hydrogens is 430 g/mol. The number of aromatic amines is 1. The zero-order valence-electron chi connectivity index (χ0n) is 18.6. The molecule has 0 saturated carbocycles. The lowest BCUT2D eigenvalue weighted by Crippen LogP contribution is -2.41. The molecule has 1 aliphatic heterocycles. The zero-order chi connectivity index (χ0) is 23.7. The average Bonchev–Trinajstić information content (AvgIpc) is 3.26. The van der Waals surface area contributed by atoms with Crippen LogP contribution in [0, 0.1) is 6.57 Å². The topological polar surface area (TPSA) is 117 Å². The second-order valence-electron chi connectivity index (χ2n) is 8.49. The second kappa shape index (κ2) is 9.09. The average molecular weight is 456 g/mol. The number of nitrogens with zero attached hydrogens (tertiary/aromatic N) is 5. The van der Waals surface area contributed by atoms with E-state index in [1.54, 1.807) is 16.8 Å². The van der Waals surface area contributed by atoms with Crippen molar-refractivity contribution in [1.82, 2.24) is 19.7 Å². The second-order valence-corrected chi connectivity index (χ2v) is 8.49. The number of hydrogen-bond acceptors (Lipinski definition) is 6. The summed E-state index contributed by atoms with van der Waals surface area (Å²) in [5.41, 5.74) is 9.65. The molecule has 9 heteroatoms. The van der Waals surface area contributed by atoms with Crippen molar-refractivity contribution in [3.8, 4) is 22.4 Å². The zero-order valence-corrected chi connectivity index (χ0v) is 18.6. The van der Waals surface area contributed by atoms with E-state index in [4.69, 9.17) is 17.3 Å². The van der Waals surface area contributed by atoms with Gasteiger partial charge in [-0.25, -0.2) is 9.83 Å². The molecule has 4 aromatic rings. The van der Waals surface area contributed by atoms with E-state index in [0.29, 0.717) is 29.4 Å². The number of anilines is 1. The molecule has 34 heavy (non-hydrogen) atoms. The van der Waals surface area contributed by atoms with Gasteiger partial charge in [0.1, 0.15) is 0 Å². The molecule has 0 amide bonds. The first kappa shape index (κ1) is 21.8. The minimum Gasteiger partial charge on any atom is -0.394 e. The van der Waals surface area contributed by atoms with Gasteiger partial charge in [0.05, 0.1) is 36.5 Å². The summed E-state index contributed by atoms with van der Waals surface area (Å²) >= 11 is 0. The highest BCUT2D eigenvalue weighted by molar-refractivity contribution is 5.88. The summed E-state index contributed by atoms with van der Waals surface area (Å²) in [7, 11) is 0. The maximum absolute atomic E-state index is 13.5. The van der Waals surface area contributed by atoms with E-state index in [0.717, 1.165) is 48.0 Å². The lowest BCUT2D eigenvalue weighted by Gasteiger charge is -2.30. The van der Waals surface area contributed by atoms with E-state index in [9.17, 15) is 9.90 Å². The summed E-state index contributed by atoms with van der Waals surface area (Å²) in [6.07, 6.45) is 3.54. The first-order valence-corrected chi connectivity index (χ1v) is 11.3. The Morgan fingerprint density at radius 3 is 2.59 bits per heavy atom. The van der Waals surface area contributed by atoms with Gasteiger partial charge >= 0.3 is 0 Å². The quantitative estimate of drug-likeness (QED) is 0.398. The summed E-state index contributed by atoms with van der Waals surface area (Å²) in [5.74, 6) is 0.529. The Morgan fingerprint density at radius 1 is 1.15 bits per heavy atom. The smallest absolute Gasteiger partial charge is 0.260 e. The molecule has 2 aromatic carbocycles. The van der Waals surface area contributed by atoms with E-state index < -0.39 is 0 Å². The van der Waals surface area contributed by atoms with Crippen molar-refractivity contribution in [3.05, 3.63) is 70.4 Å². The molecule has 0 atom stereocenters. The number of hydrogen-bond donors (Lipinski definition) is 3. The number of aliphatic hydroxyl groups excluding tert-OH is 1. The van der Waals surface area contributed by atoms with Crippen molar-refractivity contribution < 1.29 is 5.11 Å². The van der Waals surface area contributed by atoms with Crippen molar-refractivity contribution in [3.63, 3.8) is 0 Å². The van der Waals surface area contributed by atoms with Gasteiger partial charge in [-0.3, -0.25) is 14.5 Å². The number of piperidine rings is 1. The van der Waals surface area contributed by atoms with Gasteiger partial charge in [-0.15, -0.1) is 0 Å². The highest BCUT2D eigenvalue weighted by Gasteiger charge is 2.22. The van der Waals surface area contributed by atoms with Crippen LogP contribution in [0.3, 0.4) is 0 Å². The van der Waals surface area contributed by atoms with E-state index >= 15 is 0 Å². The molecule has 2 aromatic heterocycles. The van der Waals surface area contributed by atoms with E-state index in [1.165, 1.54) is 0 Å². The summed E-state index contributed by atoms with van der Waals surface area (Å²) in [5, 5.41) is 14.5. The molecule has 3 heterocycles. The number of nitrogens with one attached hydrogen (secondary N) is 1. The van der Waals surface area contributed by atoms with Crippen molar-refractivity contribution in [1.29, 1.82) is 0 Å². The van der Waals surface area contributed by atoms with Crippen LogP contribution in [0.25, 0.3) is 38.1 Å². The summed E-state index contributed by atoms with van der Waals surface area (Å²) < 4.78 is 1.69. The number of nitrogens with two attached hydrogens (primary N) is 1. The molecule has 5 rings (SSSR count). The van der Waals surface area contributed by atoms with Crippen LogP contribution in [0.1, 0.15) is 12.8 Å². The Labute approximate surface area is 196 Å². The summed E-state index contributed by atoms with van der Waals surface area (Å²) in [6.45, 7) is 9.10. The van der Waals surface area contributed by atoms with Crippen LogP contribution in [0.4, 0.5) is 11.6 Å². The third kappa shape index (κ3) is 4.17. The Morgan fingerprint density at radius 2 is 1.88 bits per heavy atom. The molecule has 4 N–H and O–H groups in total. The Balaban J connectivity index is 1.65. The Hall–Kier alpha value is -4.00. The van der Waals surface area contributed by atoms with E-state index in [1.807, 2.05) is 36.5 Å². The van der Waals surface area contributed by atoms with Gasteiger partial charge in [-0.05, 0) is 36.1 Å². The predicted molar refractivity (Wildman–Crippen MR) is 132 cm³/mol. The maximum Gasteiger partial charge on any atom is 0.260 e. The Kier molecular flexibility index (Phi) is 5.84. The molecule has 172 valence electrons. The normalized spacial score (nSPS) is 14.4. The summed E-state index contributed by atoms with van der Waals surface area (Å²) in [6, 6.07) is 12.9. The fourth-order valence-electron chi connectivity index (χ4n) is 4.34. The van der Waals surface area contributed by atoms with Gasteiger partial charge in [0.15, 0.2) is 5.69 Å². The molecule has 0 radical (unpaired) electrons.